The molecule has 0 aliphatic rings. The SMILES string of the molecule is CCCCOC(=O)NC(CCC=O)C(=O)O. The van der Waals surface area contributed by atoms with Crippen LogP contribution in [0.1, 0.15) is 32.6 Å². The van der Waals surface area contributed by atoms with E-state index in [1.54, 1.807) is 0 Å². The third-order valence-corrected chi connectivity index (χ3v) is 1.89. The minimum absolute atomic E-state index is 0.0711. The maximum atomic E-state index is 11.1. The Balaban J connectivity index is 3.93. The van der Waals surface area contributed by atoms with E-state index < -0.39 is 18.1 Å². The summed E-state index contributed by atoms with van der Waals surface area (Å²) in [5.74, 6) is -1.17. The highest BCUT2D eigenvalue weighted by atomic mass is 16.5. The Morgan fingerprint density at radius 3 is 2.69 bits per heavy atom. The monoisotopic (exact) mass is 231 g/mol. The van der Waals surface area contributed by atoms with Crippen LogP contribution >= 0.6 is 0 Å². The molecule has 0 aromatic rings. The van der Waals surface area contributed by atoms with Gasteiger partial charge in [0.05, 0.1) is 6.61 Å². The Kier molecular flexibility index (Phi) is 7.83. The van der Waals surface area contributed by atoms with Gasteiger partial charge in [-0.05, 0) is 12.8 Å². The van der Waals surface area contributed by atoms with E-state index in [-0.39, 0.29) is 19.4 Å². The number of carbonyl (C=O) groups excluding carboxylic acids is 2. The normalized spacial score (nSPS) is 11.6. The lowest BCUT2D eigenvalue weighted by Gasteiger charge is -2.13. The molecule has 0 aliphatic heterocycles. The van der Waals surface area contributed by atoms with Gasteiger partial charge < -0.3 is 20.0 Å². The van der Waals surface area contributed by atoms with Crippen molar-refractivity contribution in [3.8, 4) is 0 Å². The third kappa shape index (κ3) is 6.80. The number of carboxylic acids is 1. The molecule has 6 nitrogen and oxygen atoms in total. The number of alkyl carbamates (subject to hydrolysis) is 1. The molecule has 0 rings (SSSR count). The minimum atomic E-state index is -1.17. The third-order valence-electron chi connectivity index (χ3n) is 1.89. The number of hydrogen-bond acceptors (Lipinski definition) is 4. The molecule has 1 amide bonds. The molecule has 2 N–H and O–H groups in total. The molecular formula is C10H17NO5. The Labute approximate surface area is 94.0 Å². The van der Waals surface area contributed by atoms with E-state index >= 15 is 0 Å². The molecule has 0 bridgehead atoms. The van der Waals surface area contributed by atoms with E-state index in [0.29, 0.717) is 6.29 Å². The minimum Gasteiger partial charge on any atom is -0.480 e. The van der Waals surface area contributed by atoms with Gasteiger partial charge in [-0.2, -0.15) is 0 Å². The van der Waals surface area contributed by atoms with Crippen LogP contribution in [0.3, 0.4) is 0 Å². The standard InChI is InChI=1S/C10H17NO5/c1-2-3-7-16-10(15)11-8(9(13)14)5-4-6-12/h6,8H,2-5,7H2,1H3,(H,11,15)(H,13,14). The number of aldehydes is 1. The van der Waals surface area contributed by atoms with Crippen molar-refractivity contribution < 1.29 is 24.2 Å². The maximum absolute atomic E-state index is 11.1. The van der Waals surface area contributed by atoms with Gasteiger partial charge >= 0.3 is 12.1 Å². The van der Waals surface area contributed by atoms with E-state index in [4.69, 9.17) is 9.84 Å². The van der Waals surface area contributed by atoms with E-state index in [2.05, 4.69) is 5.32 Å². The van der Waals surface area contributed by atoms with Gasteiger partial charge in [-0.3, -0.25) is 0 Å². The molecule has 1 atom stereocenters. The highest BCUT2D eigenvalue weighted by Gasteiger charge is 2.19. The number of nitrogens with one attached hydrogen (secondary N) is 1. The number of carbonyl (C=O) groups is 3. The fraction of sp³-hybridized carbons (Fsp3) is 0.700. The van der Waals surface area contributed by atoms with Crippen molar-refractivity contribution >= 4 is 18.3 Å². The molecule has 16 heavy (non-hydrogen) atoms. The fourth-order valence-corrected chi connectivity index (χ4v) is 0.985. The van der Waals surface area contributed by atoms with Crippen LogP contribution in [-0.2, 0) is 14.3 Å². The van der Waals surface area contributed by atoms with Crippen molar-refractivity contribution in [1.82, 2.24) is 5.32 Å². The molecule has 0 aliphatic carbocycles. The topological polar surface area (TPSA) is 92.7 Å². The van der Waals surface area contributed by atoms with E-state index in [9.17, 15) is 14.4 Å². The number of amides is 1. The molecule has 92 valence electrons. The average Bonchev–Trinajstić information content (AvgIpc) is 2.24. The van der Waals surface area contributed by atoms with Crippen LogP contribution in [0.25, 0.3) is 0 Å². The first kappa shape index (κ1) is 14.4. The number of hydrogen-bond donors (Lipinski definition) is 2. The smallest absolute Gasteiger partial charge is 0.407 e. The zero-order valence-corrected chi connectivity index (χ0v) is 9.27. The molecule has 0 spiro atoms. The van der Waals surface area contributed by atoms with Crippen LogP contribution in [0.2, 0.25) is 0 Å². The molecule has 1 unspecified atom stereocenters. The summed E-state index contributed by atoms with van der Waals surface area (Å²) in [4.78, 5) is 31.9. The highest BCUT2D eigenvalue weighted by Crippen LogP contribution is 1.97. The number of carboxylic acid groups (broad SMARTS) is 1. The number of ether oxygens (including phenoxy) is 1. The van der Waals surface area contributed by atoms with Crippen molar-refractivity contribution in [3.05, 3.63) is 0 Å². The van der Waals surface area contributed by atoms with Crippen molar-refractivity contribution in [2.24, 2.45) is 0 Å². The molecule has 0 aromatic heterocycles. The van der Waals surface area contributed by atoms with Gasteiger partial charge in [0.15, 0.2) is 0 Å². The van der Waals surface area contributed by atoms with Crippen molar-refractivity contribution in [1.29, 1.82) is 0 Å². The van der Waals surface area contributed by atoms with Gasteiger partial charge in [-0.1, -0.05) is 13.3 Å². The summed E-state index contributed by atoms with van der Waals surface area (Å²) in [6, 6.07) is -1.07. The quantitative estimate of drug-likeness (QED) is 0.479. The molecule has 0 saturated carbocycles. The second kappa shape index (κ2) is 8.70. The molecule has 0 heterocycles. The van der Waals surface area contributed by atoms with Crippen LogP contribution in [0, 0.1) is 0 Å². The Morgan fingerprint density at radius 1 is 1.50 bits per heavy atom. The zero-order chi connectivity index (χ0) is 12.4. The Morgan fingerprint density at radius 2 is 2.19 bits per heavy atom. The van der Waals surface area contributed by atoms with Gasteiger partial charge in [0, 0.05) is 6.42 Å². The van der Waals surface area contributed by atoms with E-state index in [0.717, 1.165) is 12.8 Å². The summed E-state index contributed by atoms with van der Waals surface area (Å²) < 4.78 is 4.74. The fourth-order valence-electron chi connectivity index (χ4n) is 0.985. The Bertz CT molecular complexity index is 241. The lowest BCUT2D eigenvalue weighted by atomic mass is 10.2. The zero-order valence-electron chi connectivity index (χ0n) is 9.27. The van der Waals surface area contributed by atoms with Gasteiger partial charge in [-0.15, -0.1) is 0 Å². The molecular weight excluding hydrogens is 214 g/mol. The first-order valence-corrected chi connectivity index (χ1v) is 5.21. The molecule has 0 aromatic carbocycles. The van der Waals surface area contributed by atoms with Crippen LogP contribution in [0.15, 0.2) is 0 Å². The number of aliphatic carboxylic acids is 1. The van der Waals surface area contributed by atoms with Crippen LogP contribution in [0.4, 0.5) is 4.79 Å². The number of rotatable bonds is 8. The maximum Gasteiger partial charge on any atom is 0.407 e. The summed E-state index contributed by atoms with van der Waals surface area (Å²) in [6.45, 7) is 2.22. The largest absolute Gasteiger partial charge is 0.480 e. The summed E-state index contributed by atoms with van der Waals surface area (Å²) in [6.07, 6.45) is 1.64. The summed E-state index contributed by atoms with van der Waals surface area (Å²) in [7, 11) is 0. The number of unbranched alkanes of at least 4 members (excludes halogenated alkanes) is 1. The molecule has 6 heteroatoms. The molecule has 0 fully saturated rings. The van der Waals surface area contributed by atoms with Gasteiger partial charge in [0.25, 0.3) is 0 Å². The molecule has 0 radical (unpaired) electrons. The van der Waals surface area contributed by atoms with Crippen LogP contribution < -0.4 is 5.32 Å². The van der Waals surface area contributed by atoms with Gasteiger partial charge in [-0.25, -0.2) is 9.59 Å². The predicted molar refractivity (Wildman–Crippen MR) is 56.1 cm³/mol. The van der Waals surface area contributed by atoms with Crippen LogP contribution in [-0.4, -0.2) is 36.1 Å². The predicted octanol–water partition coefficient (Wildman–Crippen LogP) is 0.945. The van der Waals surface area contributed by atoms with Gasteiger partial charge in [0.2, 0.25) is 0 Å². The van der Waals surface area contributed by atoms with Crippen molar-refractivity contribution in [3.63, 3.8) is 0 Å². The van der Waals surface area contributed by atoms with E-state index in [1.807, 2.05) is 6.92 Å². The van der Waals surface area contributed by atoms with Crippen molar-refractivity contribution in [2.45, 2.75) is 38.6 Å². The average molecular weight is 231 g/mol. The molecule has 0 saturated heterocycles. The second-order valence-electron chi connectivity index (χ2n) is 3.27. The van der Waals surface area contributed by atoms with Crippen molar-refractivity contribution in [2.75, 3.05) is 6.61 Å². The second-order valence-corrected chi connectivity index (χ2v) is 3.27. The highest BCUT2D eigenvalue weighted by molar-refractivity contribution is 5.80. The summed E-state index contributed by atoms with van der Waals surface area (Å²) in [5, 5.41) is 10.9. The lowest BCUT2D eigenvalue weighted by Crippen LogP contribution is -2.41. The van der Waals surface area contributed by atoms with E-state index in [1.165, 1.54) is 0 Å². The summed E-state index contributed by atoms with van der Waals surface area (Å²) in [5.41, 5.74) is 0. The summed E-state index contributed by atoms with van der Waals surface area (Å²) >= 11 is 0. The first-order chi connectivity index (χ1) is 7.61. The lowest BCUT2D eigenvalue weighted by molar-refractivity contribution is -0.139. The Hall–Kier alpha value is -1.59. The van der Waals surface area contributed by atoms with Gasteiger partial charge in [0.1, 0.15) is 12.3 Å². The van der Waals surface area contributed by atoms with Crippen LogP contribution in [0.5, 0.6) is 0 Å². The first-order valence-electron chi connectivity index (χ1n) is 5.21.